The molecular formula is C13H18N2O3. The third kappa shape index (κ3) is 2.98. The third-order valence-corrected chi connectivity index (χ3v) is 3.41. The van der Waals surface area contributed by atoms with Crippen molar-refractivity contribution in [1.29, 1.82) is 0 Å². The smallest absolute Gasteiger partial charge is 0.311 e. The molecule has 0 unspecified atom stereocenters. The van der Waals surface area contributed by atoms with E-state index >= 15 is 0 Å². The molecule has 0 bridgehead atoms. The first-order valence-electron chi connectivity index (χ1n) is 6.31. The SMILES string of the molecule is NCc1ccc(OCC2CCCC2)c([N+](=O)[O-])c1. The Balaban J connectivity index is 2.08. The summed E-state index contributed by atoms with van der Waals surface area (Å²) in [6.07, 6.45) is 4.80. The van der Waals surface area contributed by atoms with Crippen LogP contribution in [0, 0.1) is 16.0 Å². The third-order valence-electron chi connectivity index (χ3n) is 3.41. The highest BCUT2D eigenvalue weighted by atomic mass is 16.6. The molecule has 0 spiro atoms. The van der Waals surface area contributed by atoms with Gasteiger partial charge in [-0.15, -0.1) is 0 Å². The molecule has 1 aromatic carbocycles. The zero-order valence-electron chi connectivity index (χ0n) is 10.3. The van der Waals surface area contributed by atoms with E-state index in [9.17, 15) is 10.1 Å². The van der Waals surface area contributed by atoms with E-state index in [1.54, 1.807) is 12.1 Å². The highest BCUT2D eigenvalue weighted by Crippen LogP contribution is 2.30. The van der Waals surface area contributed by atoms with Gasteiger partial charge in [-0.25, -0.2) is 0 Å². The Morgan fingerprint density at radius 3 is 2.72 bits per heavy atom. The van der Waals surface area contributed by atoms with Crippen LogP contribution in [0.2, 0.25) is 0 Å². The number of nitrogens with two attached hydrogens (primary N) is 1. The fourth-order valence-corrected chi connectivity index (χ4v) is 2.34. The molecule has 1 aliphatic rings. The second-order valence-electron chi connectivity index (χ2n) is 4.72. The molecule has 0 atom stereocenters. The van der Waals surface area contributed by atoms with Gasteiger partial charge in [0.1, 0.15) is 0 Å². The summed E-state index contributed by atoms with van der Waals surface area (Å²) in [5.74, 6) is 0.892. The van der Waals surface area contributed by atoms with Crippen LogP contribution in [0.1, 0.15) is 31.2 Å². The van der Waals surface area contributed by atoms with E-state index in [2.05, 4.69) is 0 Å². The van der Waals surface area contributed by atoms with Gasteiger partial charge >= 0.3 is 5.69 Å². The molecule has 0 heterocycles. The van der Waals surface area contributed by atoms with Gasteiger partial charge < -0.3 is 10.5 Å². The molecule has 1 aromatic rings. The topological polar surface area (TPSA) is 78.4 Å². The van der Waals surface area contributed by atoms with Crippen molar-refractivity contribution in [3.63, 3.8) is 0 Å². The molecule has 5 nitrogen and oxygen atoms in total. The van der Waals surface area contributed by atoms with Gasteiger partial charge in [0.2, 0.25) is 0 Å². The predicted octanol–water partition coefficient (Wildman–Crippen LogP) is 2.62. The first-order valence-corrected chi connectivity index (χ1v) is 6.31. The van der Waals surface area contributed by atoms with Crippen LogP contribution in [0.3, 0.4) is 0 Å². The maximum atomic E-state index is 11.0. The zero-order valence-corrected chi connectivity index (χ0v) is 10.3. The molecule has 2 N–H and O–H groups in total. The lowest BCUT2D eigenvalue weighted by Gasteiger charge is -2.11. The van der Waals surface area contributed by atoms with Gasteiger partial charge in [0.25, 0.3) is 0 Å². The average molecular weight is 250 g/mol. The number of nitrogens with zero attached hydrogens (tertiary/aromatic N) is 1. The van der Waals surface area contributed by atoms with E-state index in [1.807, 2.05) is 0 Å². The lowest BCUT2D eigenvalue weighted by molar-refractivity contribution is -0.386. The highest BCUT2D eigenvalue weighted by Gasteiger charge is 2.19. The van der Waals surface area contributed by atoms with Crippen LogP contribution in [0.15, 0.2) is 18.2 Å². The Hall–Kier alpha value is -1.62. The minimum absolute atomic E-state index is 0.0101. The standard InChI is InChI=1S/C13H18N2O3/c14-8-11-5-6-13(12(7-11)15(16)17)18-9-10-3-1-2-4-10/h5-7,10H,1-4,8-9,14H2. The van der Waals surface area contributed by atoms with Gasteiger partial charge in [-0.2, -0.15) is 0 Å². The van der Waals surface area contributed by atoms with Gasteiger partial charge in [-0.05, 0) is 30.4 Å². The fourth-order valence-electron chi connectivity index (χ4n) is 2.34. The maximum absolute atomic E-state index is 11.0. The summed E-state index contributed by atoms with van der Waals surface area (Å²) in [6, 6.07) is 4.91. The first-order chi connectivity index (χ1) is 8.70. The van der Waals surface area contributed by atoms with Crippen LogP contribution >= 0.6 is 0 Å². The number of nitro benzene ring substituents is 1. The van der Waals surface area contributed by atoms with Crippen molar-refractivity contribution in [2.75, 3.05) is 6.61 Å². The van der Waals surface area contributed by atoms with E-state index < -0.39 is 4.92 Å². The molecule has 1 fully saturated rings. The average Bonchev–Trinajstić information content (AvgIpc) is 2.89. The molecule has 98 valence electrons. The molecule has 0 aromatic heterocycles. The van der Waals surface area contributed by atoms with E-state index in [-0.39, 0.29) is 5.69 Å². The minimum Gasteiger partial charge on any atom is -0.487 e. The minimum atomic E-state index is -0.414. The predicted molar refractivity (Wildman–Crippen MR) is 68.4 cm³/mol. The van der Waals surface area contributed by atoms with Crippen LogP contribution in [-0.4, -0.2) is 11.5 Å². The molecule has 0 amide bonds. The Kier molecular flexibility index (Phi) is 4.15. The van der Waals surface area contributed by atoms with E-state index in [1.165, 1.54) is 18.9 Å². The first kappa shape index (κ1) is 12.8. The molecule has 0 radical (unpaired) electrons. The molecule has 1 saturated carbocycles. The van der Waals surface area contributed by atoms with Crippen LogP contribution in [0.25, 0.3) is 0 Å². The van der Waals surface area contributed by atoms with Crippen LogP contribution in [0.5, 0.6) is 5.75 Å². The van der Waals surface area contributed by atoms with E-state index in [0.29, 0.717) is 24.8 Å². The number of ether oxygens (including phenoxy) is 1. The van der Waals surface area contributed by atoms with Gasteiger partial charge in [0.05, 0.1) is 11.5 Å². The highest BCUT2D eigenvalue weighted by molar-refractivity contribution is 5.48. The summed E-state index contributed by atoms with van der Waals surface area (Å²) in [7, 11) is 0. The Bertz CT molecular complexity index is 428. The largest absolute Gasteiger partial charge is 0.487 e. The van der Waals surface area contributed by atoms with Crippen molar-refractivity contribution in [3.05, 3.63) is 33.9 Å². The Morgan fingerprint density at radius 2 is 2.11 bits per heavy atom. The van der Waals surface area contributed by atoms with Crippen LogP contribution < -0.4 is 10.5 Å². The second kappa shape index (κ2) is 5.82. The number of hydrogen-bond acceptors (Lipinski definition) is 4. The Morgan fingerprint density at radius 1 is 1.39 bits per heavy atom. The molecular weight excluding hydrogens is 232 g/mol. The lowest BCUT2D eigenvalue weighted by atomic mass is 10.1. The summed E-state index contributed by atoms with van der Waals surface area (Å²) in [6.45, 7) is 0.868. The van der Waals surface area contributed by atoms with Crippen molar-refractivity contribution in [1.82, 2.24) is 0 Å². The van der Waals surface area contributed by atoms with Crippen molar-refractivity contribution in [2.45, 2.75) is 32.2 Å². The van der Waals surface area contributed by atoms with Gasteiger partial charge in [-0.1, -0.05) is 18.9 Å². The molecule has 0 saturated heterocycles. The summed E-state index contributed by atoms with van der Waals surface area (Å²) >= 11 is 0. The quantitative estimate of drug-likeness (QED) is 0.643. The van der Waals surface area contributed by atoms with Gasteiger partial charge in [0.15, 0.2) is 5.75 Å². The van der Waals surface area contributed by atoms with Crippen molar-refractivity contribution in [3.8, 4) is 5.75 Å². The number of hydrogen-bond donors (Lipinski definition) is 1. The second-order valence-corrected chi connectivity index (χ2v) is 4.72. The summed E-state index contributed by atoms with van der Waals surface area (Å²) in [5.41, 5.74) is 6.23. The molecule has 2 rings (SSSR count). The molecule has 5 heteroatoms. The number of rotatable bonds is 5. The Labute approximate surface area is 106 Å². The number of benzene rings is 1. The summed E-state index contributed by atoms with van der Waals surface area (Å²) < 4.78 is 5.60. The van der Waals surface area contributed by atoms with Gasteiger partial charge in [0, 0.05) is 12.6 Å². The van der Waals surface area contributed by atoms with Gasteiger partial charge in [-0.3, -0.25) is 10.1 Å². The van der Waals surface area contributed by atoms with Crippen molar-refractivity contribution in [2.24, 2.45) is 11.7 Å². The lowest BCUT2D eigenvalue weighted by Crippen LogP contribution is -2.09. The molecule has 1 aliphatic carbocycles. The van der Waals surface area contributed by atoms with Crippen LogP contribution in [0.4, 0.5) is 5.69 Å². The molecule has 0 aliphatic heterocycles. The molecule has 18 heavy (non-hydrogen) atoms. The van der Waals surface area contributed by atoms with E-state index in [0.717, 1.165) is 18.4 Å². The monoisotopic (exact) mass is 250 g/mol. The zero-order chi connectivity index (χ0) is 13.0. The maximum Gasteiger partial charge on any atom is 0.311 e. The van der Waals surface area contributed by atoms with Crippen LogP contribution in [-0.2, 0) is 6.54 Å². The number of nitro groups is 1. The van der Waals surface area contributed by atoms with Crippen molar-refractivity contribution < 1.29 is 9.66 Å². The van der Waals surface area contributed by atoms with E-state index in [4.69, 9.17) is 10.5 Å². The summed E-state index contributed by atoms with van der Waals surface area (Å²) in [5, 5.41) is 11.0. The normalized spacial score (nSPS) is 15.8. The fraction of sp³-hybridized carbons (Fsp3) is 0.538. The summed E-state index contributed by atoms with van der Waals surface area (Å²) in [4.78, 5) is 10.6. The van der Waals surface area contributed by atoms with Crippen molar-refractivity contribution >= 4 is 5.69 Å².